The molecule has 2 aromatic carbocycles. The van der Waals surface area contributed by atoms with Crippen molar-refractivity contribution in [3.63, 3.8) is 0 Å². The number of halogens is 2. The number of rotatable bonds is 4. The smallest absolute Gasteiger partial charge is 0.185 e. The Morgan fingerprint density at radius 1 is 1.03 bits per heavy atom. The SMILES string of the molecule is Cc1ccc(S(=O)(=O)C2CCN(c3nc(-c4cc(Cl)cc(Cl)c4)cs3)CC2)cc1. The number of benzene rings is 2. The van der Waals surface area contributed by atoms with E-state index < -0.39 is 9.84 Å². The molecule has 0 saturated carbocycles. The van der Waals surface area contributed by atoms with Crippen LogP contribution in [0.3, 0.4) is 0 Å². The maximum Gasteiger partial charge on any atom is 0.185 e. The van der Waals surface area contributed by atoms with E-state index in [0.29, 0.717) is 40.9 Å². The molecular weight excluding hydrogens is 447 g/mol. The fourth-order valence-electron chi connectivity index (χ4n) is 3.52. The lowest BCUT2D eigenvalue weighted by molar-refractivity contribution is 0.529. The van der Waals surface area contributed by atoms with Crippen LogP contribution in [0.1, 0.15) is 18.4 Å². The van der Waals surface area contributed by atoms with Crippen molar-refractivity contribution in [3.05, 3.63) is 63.5 Å². The molecule has 0 aliphatic carbocycles. The molecule has 2 heterocycles. The summed E-state index contributed by atoms with van der Waals surface area (Å²) in [5.41, 5.74) is 2.75. The maximum atomic E-state index is 12.9. The Balaban J connectivity index is 1.46. The third-order valence-electron chi connectivity index (χ3n) is 5.15. The molecular formula is C21H20Cl2N2O2S2. The summed E-state index contributed by atoms with van der Waals surface area (Å²) in [5, 5.41) is 3.66. The van der Waals surface area contributed by atoms with Crippen LogP contribution in [0.5, 0.6) is 0 Å². The zero-order valence-corrected chi connectivity index (χ0v) is 19.0. The van der Waals surface area contributed by atoms with Crippen molar-refractivity contribution in [2.24, 2.45) is 0 Å². The molecule has 0 bridgehead atoms. The van der Waals surface area contributed by atoms with Crippen molar-refractivity contribution in [1.82, 2.24) is 4.98 Å². The predicted octanol–water partition coefficient (Wildman–Crippen LogP) is 5.87. The van der Waals surface area contributed by atoms with Gasteiger partial charge in [0.2, 0.25) is 0 Å². The minimum Gasteiger partial charge on any atom is -0.348 e. The summed E-state index contributed by atoms with van der Waals surface area (Å²) in [7, 11) is -3.30. The van der Waals surface area contributed by atoms with Crippen LogP contribution in [0.15, 0.2) is 52.7 Å². The molecule has 0 spiro atoms. The highest BCUT2D eigenvalue weighted by Gasteiger charge is 2.32. The number of nitrogens with zero attached hydrogens (tertiary/aromatic N) is 2. The third-order valence-corrected chi connectivity index (χ3v) is 8.77. The van der Waals surface area contributed by atoms with Gasteiger partial charge in [0.1, 0.15) is 0 Å². The zero-order chi connectivity index (χ0) is 20.6. The highest BCUT2D eigenvalue weighted by atomic mass is 35.5. The average molecular weight is 467 g/mol. The molecule has 3 aromatic rings. The molecule has 0 N–H and O–H groups in total. The molecule has 152 valence electrons. The summed E-state index contributed by atoms with van der Waals surface area (Å²) < 4.78 is 25.9. The number of aryl methyl sites for hydroxylation is 1. The topological polar surface area (TPSA) is 50.3 Å². The largest absolute Gasteiger partial charge is 0.348 e. The second-order valence-corrected chi connectivity index (χ2v) is 11.2. The second kappa shape index (κ2) is 8.26. The van der Waals surface area contributed by atoms with Crippen molar-refractivity contribution in [2.75, 3.05) is 18.0 Å². The molecule has 1 saturated heterocycles. The van der Waals surface area contributed by atoms with Crippen molar-refractivity contribution in [2.45, 2.75) is 29.9 Å². The van der Waals surface area contributed by atoms with Crippen molar-refractivity contribution < 1.29 is 8.42 Å². The first-order valence-corrected chi connectivity index (χ1v) is 12.5. The van der Waals surface area contributed by atoms with Gasteiger partial charge in [-0.05, 0) is 50.1 Å². The number of aromatic nitrogens is 1. The number of anilines is 1. The molecule has 8 heteroatoms. The van der Waals surface area contributed by atoms with Gasteiger partial charge in [0.05, 0.1) is 15.8 Å². The number of piperidine rings is 1. The lowest BCUT2D eigenvalue weighted by atomic mass is 10.1. The van der Waals surface area contributed by atoms with Gasteiger partial charge in [0.25, 0.3) is 0 Å². The molecule has 1 aliphatic rings. The van der Waals surface area contributed by atoms with E-state index in [9.17, 15) is 8.42 Å². The van der Waals surface area contributed by atoms with E-state index in [0.717, 1.165) is 22.0 Å². The zero-order valence-electron chi connectivity index (χ0n) is 15.8. The Labute approximate surface area is 185 Å². The van der Waals surface area contributed by atoms with Gasteiger partial charge in [-0.3, -0.25) is 0 Å². The Morgan fingerprint density at radius 2 is 1.66 bits per heavy atom. The van der Waals surface area contributed by atoms with Crippen LogP contribution in [0.2, 0.25) is 10.0 Å². The minimum atomic E-state index is -3.30. The van der Waals surface area contributed by atoms with Gasteiger partial charge in [0, 0.05) is 34.1 Å². The molecule has 4 rings (SSSR count). The fourth-order valence-corrected chi connectivity index (χ4v) is 6.67. The lowest BCUT2D eigenvalue weighted by Crippen LogP contribution is -2.39. The average Bonchev–Trinajstić information content (AvgIpc) is 3.18. The summed E-state index contributed by atoms with van der Waals surface area (Å²) >= 11 is 13.7. The van der Waals surface area contributed by atoms with Crippen LogP contribution in [0.4, 0.5) is 5.13 Å². The molecule has 1 fully saturated rings. The van der Waals surface area contributed by atoms with Gasteiger partial charge in [0.15, 0.2) is 15.0 Å². The second-order valence-electron chi connectivity index (χ2n) is 7.22. The summed E-state index contributed by atoms with van der Waals surface area (Å²) in [6.07, 6.45) is 1.18. The maximum absolute atomic E-state index is 12.9. The molecule has 1 aliphatic heterocycles. The van der Waals surface area contributed by atoms with Gasteiger partial charge >= 0.3 is 0 Å². The van der Waals surface area contributed by atoms with Gasteiger partial charge in [-0.1, -0.05) is 40.9 Å². The van der Waals surface area contributed by atoms with Crippen LogP contribution in [0.25, 0.3) is 11.3 Å². The van der Waals surface area contributed by atoms with E-state index >= 15 is 0 Å². The fraction of sp³-hybridized carbons (Fsp3) is 0.286. The van der Waals surface area contributed by atoms with E-state index in [2.05, 4.69) is 4.90 Å². The van der Waals surface area contributed by atoms with E-state index in [4.69, 9.17) is 28.2 Å². The number of hydrogen-bond donors (Lipinski definition) is 0. The Morgan fingerprint density at radius 3 is 2.28 bits per heavy atom. The van der Waals surface area contributed by atoms with Crippen molar-refractivity contribution in [1.29, 1.82) is 0 Å². The predicted molar refractivity (Wildman–Crippen MR) is 121 cm³/mol. The van der Waals surface area contributed by atoms with Gasteiger partial charge in [-0.2, -0.15) is 0 Å². The van der Waals surface area contributed by atoms with Gasteiger partial charge in [-0.25, -0.2) is 13.4 Å². The quantitative estimate of drug-likeness (QED) is 0.482. The van der Waals surface area contributed by atoms with E-state index in [-0.39, 0.29) is 5.25 Å². The molecule has 1 aromatic heterocycles. The summed E-state index contributed by atoms with van der Waals surface area (Å²) in [4.78, 5) is 7.29. The Kier molecular flexibility index (Phi) is 5.89. The number of thiazole rings is 1. The van der Waals surface area contributed by atoms with E-state index in [1.54, 1.807) is 29.5 Å². The standard InChI is InChI=1S/C21H20Cl2N2O2S2/c1-14-2-4-18(5-3-14)29(26,27)19-6-8-25(9-7-19)21-24-20(13-28-21)15-10-16(22)12-17(23)11-15/h2-5,10-13,19H,6-9H2,1H3. The molecule has 0 atom stereocenters. The normalized spacial score (nSPS) is 15.6. The lowest BCUT2D eigenvalue weighted by Gasteiger charge is -2.31. The van der Waals surface area contributed by atoms with Crippen LogP contribution < -0.4 is 4.90 Å². The molecule has 0 amide bonds. The number of sulfone groups is 1. The molecule has 29 heavy (non-hydrogen) atoms. The first kappa shape index (κ1) is 20.7. The summed E-state index contributed by atoms with van der Waals surface area (Å²) in [5.74, 6) is 0. The van der Waals surface area contributed by atoms with Crippen LogP contribution in [-0.2, 0) is 9.84 Å². The van der Waals surface area contributed by atoms with Crippen LogP contribution in [0, 0.1) is 6.92 Å². The highest BCUT2D eigenvalue weighted by molar-refractivity contribution is 7.92. The molecule has 0 unspecified atom stereocenters. The number of hydrogen-bond acceptors (Lipinski definition) is 5. The first-order chi connectivity index (χ1) is 13.8. The monoisotopic (exact) mass is 466 g/mol. The highest BCUT2D eigenvalue weighted by Crippen LogP contribution is 2.33. The third kappa shape index (κ3) is 4.45. The van der Waals surface area contributed by atoms with Crippen molar-refractivity contribution in [3.8, 4) is 11.3 Å². The summed E-state index contributed by atoms with van der Waals surface area (Å²) in [6, 6.07) is 12.5. The van der Waals surface area contributed by atoms with Crippen molar-refractivity contribution >= 4 is 49.5 Å². The Bertz CT molecular complexity index is 1100. The minimum absolute atomic E-state index is 0.354. The van der Waals surface area contributed by atoms with Gasteiger partial charge in [-0.15, -0.1) is 11.3 Å². The first-order valence-electron chi connectivity index (χ1n) is 9.30. The molecule has 0 radical (unpaired) electrons. The van der Waals surface area contributed by atoms with E-state index in [1.807, 2.05) is 36.6 Å². The summed E-state index contributed by atoms with van der Waals surface area (Å²) in [6.45, 7) is 3.28. The van der Waals surface area contributed by atoms with Crippen LogP contribution >= 0.6 is 34.5 Å². The van der Waals surface area contributed by atoms with E-state index in [1.165, 1.54) is 0 Å². The molecule has 4 nitrogen and oxygen atoms in total. The van der Waals surface area contributed by atoms with Crippen LogP contribution in [-0.4, -0.2) is 31.7 Å². The Hall–Kier alpha value is -1.60. The van der Waals surface area contributed by atoms with Gasteiger partial charge < -0.3 is 4.90 Å².